The molecule has 2 aromatic carbocycles. The number of rotatable bonds is 22. The van der Waals surface area contributed by atoms with Gasteiger partial charge in [0.1, 0.15) is 35.1 Å². The fraction of sp³-hybridized carbons (Fsp3) is 0.464. The van der Waals surface area contributed by atoms with Gasteiger partial charge in [-0.25, -0.2) is 0 Å². The van der Waals surface area contributed by atoms with Gasteiger partial charge in [0, 0.05) is 62.7 Å². The smallest absolute Gasteiger partial charge is 0.149 e. The van der Waals surface area contributed by atoms with Crippen LogP contribution in [0.1, 0.15) is 38.2 Å². The average molecular weight is 548 g/mol. The van der Waals surface area contributed by atoms with E-state index < -0.39 is 6.23 Å². The molecule has 39 heavy (non-hydrogen) atoms. The number of ether oxygens (including phenoxy) is 6. The van der Waals surface area contributed by atoms with Crippen LogP contribution in [0.25, 0.3) is 0 Å². The van der Waals surface area contributed by atoms with Crippen molar-refractivity contribution in [1.82, 2.24) is 11.0 Å². The molecule has 1 unspecified atom stereocenters. The van der Waals surface area contributed by atoms with E-state index in [2.05, 4.69) is 12.1 Å². The van der Waals surface area contributed by atoms with Crippen LogP contribution in [0.5, 0.6) is 23.0 Å². The minimum Gasteiger partial charge on any atom is -0.493 e. The highest BCUT2D eigenvalue weighted by atomic mass is 16.6. The standard InChI is InChI=1S/C28H41N3O8/c1-3-8-27(30-32)39-18-7-17-38-26-20-24(36-14-5-13-34-4-2)19-25(21-26)37-16-6-15-35-23-11-9-22(10-12-23)28(29)31-33/h3,9-12,19-21,27,30,32-33H,1,4-8,13-18H2,2H3,(H2,29,31). The molecule has 0 saturated heterocycles. The van der Waals surface area contributed by atoms with E-state index in [9.17, 15) is 0 Å². The summed E-state index contributed by atoms with van der Waals surface area (Å²) >= 11 is 0. The monoisotopic (exact) mass is 547 g/mol. The van der Waals surface area contributed by atoms with Crippen LogP contribution in [-0.4, -0.2) is 68.7 Å². The van der Waals surface area contributed by atoms with Gasteiger partial charge in [-0.05, 0) is 31.2 Å². The van der Waals surface area contributed by atoms with Gasteiger partial charge in [-0.1, -0.05) is 6.08 Å². The number of nitrogens with one attached hydrogen (secondary N) is 3. The molecule has 2 aromatic rings. The van der Waals surface area contributed by atoms with Gasteiger partial charge < -0.3 is 33.6 Å². The molecule has 11 heteroatoms. The summed E-state index contributed by atoms with van der Waals surface area (Å²) in [6, 6.07) is 12.3. The third-order valence-electron chi connectivity index (χ3n) is 5.24. The number of benzene rings is 2. The van der Waals surface area contributed by atoms with Crippen molar-refractivity contribution >= 4 is 5.84 Å². The molecule has 0 aliphatic rings. The second kappa shape index (κ2) is 19.7. The Labute approximate surface area is 230 Å². The summed E-state index contributed by atoms with van der Waals surface area (Å²) in [5.41, 5.74) is 4.47. The zero-order valence-corrected chi connectivity index (χ0v) is 22.5. The Balaban J connectivity index is 1.83. The maximum atomic E-state index is 9.06. The van der Waals surface area contributed by atoms with E-state index in [1.54, 1.807) is 30.3 Å². The predicted molar refractivity (Wildman–Crippen MR) is 146 cm³/mol. The Morgan fingerprint density at radius 3 is 1.82 bits per heavy atom. The fourth-order valence-electron chi connectivity index (χ4n) is 3.30. The molecular weight excluding hydrogens is 506 g/mol. The summed E-state index contributed by atoms with van der Waals surface area (Å²) in [4.78, 5) is 0. The number of hydrogen-bond acceptors (Lipinski definition) is 10. The summed E-state index contributed by atoms with van der Waals surface area (Å²) < 4.78 is 34.3. The second-order valence-electron chi connectivity index (χ2n) is 8.32. The van der Waals surface area contributed by atoms with Gasteiger partial charge in [0.15, 0.2) is 0 Å². The summed E-state index contributed by atoms with van der Waals surface area (Å²) in [6.45, 7) is 9.11. The molecular formula is C28H41N3O8. The Hall–Kier alpha value is -3.35. The number of amidine groups is 1. The maximum absolute atomic E-state index is 9.06. The lowest BCUT2D eigenvalue weighted by Gasteiger charge is -2.15. The highest BCUT2D eigenvalue weighted by molar-refractivity contribution is 5.95. The maximum Gasteiger partial charge on any atom is 0.149 e. The lowest BCUT2D eigenvalue weighted by Crippen LogP contribution is -2.28. The molecule has 5 N–H and O–H groups in total. The van der Waals surface area contributed by atoms with Crippen molar-refractivity contribution < 1.29 is 38.8 Å². The first-order chi connectivity index (χ1) is 19.1. The van der Waals surface area contributed by atoms with E-state index in [1.165, 1.54) is 0 Å². The van der Waals surface area contributed by atoms with Crippen LogP contribution in [-0.2, 0) is 9.47 Å². The van der Waals surface area contributed by atoms with Gasteiger partial charge in [-0.15, -0.1) is 6.58 Å². The predicted octanol–water partition coefficient (Wildman–Crippen LogP) is 4.31. The van der Waals surface area contributed by atoms with E-state index in [0.717, 1.165) is 6.42 Å². The first kappa shape index (κ1) is 31.9. The Morgan fingerprint density at radius 1 is 0.821 bits per heavy atom. The average Bonchev–Trinajstić information content (AvgIpc) is 2.96. The molecule has 0 aliphatic carbocycles. The molecule has 0 aliphatic heterocycles. The zero-order chi connectivity index (χ0) is 28.1. The van der Waals surface area contributed by atoms with E-state index in [1.807, 2.05) is 30.6 Å². The molecule has 0 spiro atoms. The lowest BCUT2D eigenvalue weighted by atomic mass is 10.2. The number of hydrogen-bond donors (Lipinski definition) is 5. The van der Waals surface area contributed by atoms with Gasteiger partial charge >= 0.3 is 0 Å². The molecule has 0 bridgehead atoms. The summed E-state index contributed by atoms with van der Waals surface area (Å²) in [6.07, 6.45) is 3.71. The first-order valence-corrected chi connectivity index (χ1v) is 13.0. The Kier molecular flexibility index (Phi) is 16.1. The topological polar surface area (TPSA) is 144 Å². The second-order valence-corrected chi connectivity index (χ2v) is 8.32. The molecule has 216 valence electrons. The van der Waals surface area contributed by atoms with Crippen LogP contribution in [0.15, 0.2) is 55.1 Å². The first-order valence-electron chi connectivity index (χ1n) is 13.0. The molecule has 0 saturated carbocycles. The van der Waals surface area contributed by atoms with Crippen LogP contribution < -0.4 is 29.9 Å². The molecule has 0 radical (unpaired) electrons. The fourth-order valence-corrected chi connectivity index (χ4v) is 3.30. The minimum absolute atomic E-state index is 0.0803. The summed E-state index contributed by atoms with van der Waals surface area (Å²) in [5.74, 6) is 2.47. The SMILES string of the molecule is C=CCC(NO)OCCCOc1cc(OCCCOCC)cc(OCCCOc2ccc(C(=N)NO)cc2)c1. The number of hydroxylamine groups is 2. The molecule has 0 aromatic heterocycles. The van der Waals surface area contributed by atoms with Gasteiger partial charge in [-0.3, -0.25) is 16.1 Å². The zero-order valence-electron chi connectivity index (χ0n) is 22.5. The van der Waals surface area contributed by atoms with Gasteiger partial charge in [0.25, 0.3) is 0 Å². The van der Waals surface area contributed by atoms with E-state index in [4.69, 9.17) is 44.2 Å². The van der Waals surface area contributed by atoms with Crippen molar-refractivity contribution in [1.29, 1.82) is 5.41 Å². The lowest BCUT2D eigenvalue weighted by molar-refractivity contribution is -0.0523. The van der Waals surface area contributed by atoms with Crippen molar-refractivity contribution in [2.75, 3.05) is 46.2 Å². The van der Waals surface area contributed by atoms with Crippen molar-refractivity contribution in [2.45, 2.75) is 38.8 Å². The van der Waals surface area contributed by atoms with E-state index >= 15 is 0 Å². The molecule has 11 nitrogen and oxygen atoms in total. The van der Waals surface area contributed by atoms with Crippen molar-refractivity contribution in [3.63, 3.8) is 0 Å². The normalized spacial score (nSPS) is 11.5. The quantitative estimate of drug-likeness (QED) is 0.0361. The van der Waals surface area contributed by atoms with Crippen molar-refractivity contribution in [3.8, 4) is 23.0 Å². The van der Waals surface area contributed by atoms with Crippen LogP contribution in [0.3, 0.4) is 0 Å². The van der Waals surface area contributed by atoms with Crippen molar-refractivity contribution in [3.05, 3.63) is 60.7 Å². The molecule has 1 atom stereocenters. The van der Waals surface area contributed by atoms with Crippen molar-refractivity contribution in [2.24, 2.45) is 0 Å². The van der Waals surface area contributed by atoms with Gasteiger partial charge in [-0.2, -0.15) is 5.48 Å². The molecule has 0 fully saturated rings. The largest absolute Gasteiger partial charge is 0.493 e. The summed E-state index contributed by atoms with van der Waals surface area (Å²) in [7, 11) is 0. The Bertz CT molecular complexity index is 958. The Morgan fingerprint density at radius 2 is 1.33 bits per heavy atom. The third-order valence-corrected chi connectivity index (χ3v) is 5.24. The third kappa shape index (κ3) is 13.3. The van der Waals surface area contributed by atoms with Crippen LogP contribution in [0, 0.1) is 5.41 Å². The summed E-state index contributed by atoms with van der Waals surface area (Å²) in [5, 5.41) is 25.4. The van der Waals surface area contributed by atoms with E-state index in [0.29, 0.717) is 94.1 Å². The van der Waals surface area contributed by atoms with Gasteiger partial charge in [0.05, 0.1) is 33.0 Å². The van der Waals surface area contributed by atoms with Crippen LogP contribution in [0.2, 0.25) is 0 Å². The van der Waals surface area contributed by atoms with E-state index in [-0.39, 0.29) is 5.84 Å². The molecule has 0 heterocycles. The molecule has 0 amide bonds. The molecule has 2 rings (SSSR count). The van der Waals surface area contributed by atoms with Crippen LogP contribution >= 0.6 is 0 Å². The highest BCUT2D eigenvalue weighted by Gasteiger charge is 2.07. The highest BCUT2D eigenvalue weighted by Crippen LogP contribution is 2.28. The van der Waals surface area contributed by atoms with Crippen LogP contribution in [0.4, 0.5) is 0 Å². The van der Waals surface area contributed by atoms with Gasteiger partial charge in [0.2, 0.25) is 0 Å². The minimum atomic E-state index is -0.488.